The van der Waals surface area contributed by atoms with Gasteiger partial charge in [0.2, 0.25) is 17.2 Å². The number of phenols is 9. The molecule has 1 aliphatic rings. The van der Waals surface area contributed by atoms with Gasteiger partial charge in [0.15, 0.2) is 41.6 Å². The Morgan fingerprint density at radius 1 is 0.600 bits per heavy atom. The molecule has 0 bridgehead atoms. The van der Waals surface area contributed by atoms with Gasteiger partial charge in [0.1, 0.15) is 11.2 Å². The predicted molar refractivity (Wildman–Crippen MR) is 217 cm³/mol. The van der Waals surface area contributed by atoms with E-state index in [-0.39, 0.29) is 11.1 Å². The monoisotopic (exact) mass is 748 g/mol. The summed E-state index contributed by atoms with van der Waals surface area (Å²) in [6.45, 7) is 4.02. The fourth-order valence-electron chi connectivity index (χ4n) is 7.54. The number of rotatable bonds is 6. The van der Waals surface area contributed by atoms with Crippen LogP contribution < -0.4 is 0 Å². The van der Waals surface area contributed by atoms with Crippen molar-refractivity contribution in [1.29, 1.82) is 0 Å². The third kappa shape index (κ3) is 5.13. The maximum Gasteiger partial charge on any atom is 0.208 e. The number of fused-ring (bicyclic) bond motifs is 5. The zero-order chi connectivity index (χ0) is 38.9. The molecular weight excluding hydrogens is 719 g/mol. The smallest absolute Gasteiger partial charge is 0.208 e. The lowest BCUT2D eigenvalue weighted by atomic mass is 9.80. The Morgan fingerprint density at radius 2 is 1.18 bits per heavy atom. The molecule has 0 atom stereocenters. The zero-order valence-corrected chi connectivity index (χ0v) is 29.4. The minimum absolute atomic E-state index is 0.235. The minimum Gasteiger partial charge on any atom is -0.504 e. The van der Waals surface area contributed by atoms with E-state index in [4.69, 9.17) is 11.5 Å². The van der Waals surface area contributed by atoms with Crippen LogP contribution in [0.2, 0.25) is 0 Å². The quantitative estimate of drug-likeness (QED) is 0.0446. The molecular formula is C43H29BO10S. The van der Waals surface area contributed by atoms with Crippen LogP contribution in [-0.2, 0) is 6.42 Å². The number of phenolic OH excluding ortho intramolecular Hbond substituents is 9. The van der Waals surface area contributed by atoms with Crippen LogP contribution in [0.3, 0.4) is 0 Å². The predicted octanol–water partition coefficient (Wildman–Crippen LogP) is 9.65. The Balaban J connectivity index is 1.47. The van der Waals surface area contributed by atoms with Gasteiger partial charge in [-0.3, -0.25) is 0 Å². The number of benzene rings is 6. The first kappa shape index (κ1) is 35.0. The first-order chi connectivity index (χ1) is 26.5. The van der Waals surface area contributed by atoms with Crippen LogP contribution in [0.1, 0.15) is 22.3 Å². The molecule has 0 saturated carbocycles. The van der Waals surface area contributed by atoms with E-state index >= 15 is 0 Å². The number of aromatic hydroxyl groups is 9. The second-order valence-electron chi connectivity index (χ2n) is 12.8. The van der Waals surface area contributed by atoms with Crippen molar-refractivity contribution in [3.05, 3.63) is 107 Å². The maximum absolute atomic E-state index is 11.7. The molecule has 0 saturated heterocycles. The van der Waals surface area contributed by atoms with Gasteiger partial charge in [-0.2, -0.15) is 0 Å². The Bertz CT molecular complexity index is 2850. The highest BCUT2D eigenvalue weighted by Gasteiger charge is 2.34. The largest absolute Gasteiger partial charge is 0.504 e. The van der Waals surface area contributed by atoms with Crippen molar-refractivity contribution in [3.8, 4) is 85.1 Å². The first-order valence-electron chi connectivity index (χ1n) is 16.7. The van der Waals surface area contributed by atoms with E-state index in [1.807, 2.05) is 60.7 Å². The summed E-state index contributed by atoms with van der Waals surface area (Å²) in [5.41, 5.74) is 3.96. The van der Waals surface area contributed by atoms with E-state index in [1.165, 1.54) is 0 Å². The Kier molecular flexibility index (Phi) is 8.35. The lowest BCUT2D eigenvalue weighted by Gasteiger charge is -2.24. The summed E-state index contributed by atoms with van der Waals surface area (Å²) in [6.07, 6.45) is 11.4. The van der Waals surface area contributed by atoms with E-state index in [2.05, 4.69) is 6.58 Å². The minimum atomic E-state index is -1.29. The molecule has 0 fully saturated rings. The number of hydrogen-bond donors (Lipinski definition) is 9. The molecule has 0 aliphatic heterocycles. The van der Waals surface area contributed by atoms with Gasteiger partial charge in [-0.1, -0.05) is 73.4 Å². The average molecular weight is 749 g/mol. The molecule has 1 heterocycles. The van der Waals surface area contributed by atoms with Crippen LogP contribution in [0.5, 0.6) is 51.7 Å². The van der Waals surface area contributed by atoms with Crippen LogP contribution in [0, 0.1) is 0 Å². The van der Waals surface area contributed by atoms with Gasteiger partial charge in [0.25, 0.3) is 0 Å². The summed E-state index contributed by atoms with van der Waals surface area (Å²) in [7, 11) is 5.65. The Morgan fingerprint density at radius 3 is 1.80 bits per heavy atom. The summed E-state index contributed by atoms with van der Waals surface area (Å²) >= 11 is 1.08. The Labute approximate surface area is 317 Å². The molecule has 2 radical (unpaired) electrons. The lowest BCUT2D eigenvalue weighted by molar-refractivity contribution is 0.329. The second-order valence-corrected chi connectivity index (χ2v) is 13.4. The van der Waals surface area contributed by atoms with E-state index in [9.17, 15) is 46.0 Å². The molecule has 9 N–H and O–H groups in total. The summed E-state index contributed by atoms with van der Waals surface area (Å²) in [5, 5.41) is 103. The molecule has 6 aromatic carbocycles. The van der Waals surface area contributed by atoms with Crippen molar-refractivity contribution in [3.63, 3.8) is 0 Å². The van der Waals surface area contributed by atoms with Crippen LogP contribution in [0.15, 0.2) is 89.2 Å². The van der Waals surface area contributed by atoms with Crippen molar-refractivity contribution in [2.45, 2.75) is 6.42 Å². The summed E-state index contributed by atoms with van der Waals surface area (Å²) < 4.78 is 6.42. The third-order valence-corrected chi connectivity index (χ3v) is 10.3. The fraction of sp³-hybridized carbons (Fsp3) is 0.0233. The van der Waals surface area contributed by atoms with E-state index < -0.39 is 62.9 Å². The number of allylic oxidation sites excluding steroid dienone is 3. The van der Waals surface area contributed by atoms with Gasteiger partial charge in [-0.05, 0) is 80.3 Å². The van der Waals surface area contributed by atoms with Crippen molar-refractivity contribution < 1.29 is 50.4 Å². The highest BCUT2D eigenvalue weighted by Crippen LogP contribution is 2.63. The second kappa shape index (κ2) is 13.1. The van der Waals surface area contributed by atoms with Gasteiger partial charge in [-0.15, -0.1) is 0 Å². The van der Waals surface area contributed by atoms with Gasteiger partial charge in [-0.25, -0.2) is 11.6 Å². The number of hydrogen-bond acceptors (Lipinski definition) is 11. The molecule has 0 amide bonds. The Hall–Kier alpha value is -7.05. The third-order valence-electron chi connectivity index (χ3n) is 9.98. The molecule has 1 aliphatic carbocycles. The van der Waals surface area contributed by atoms with Crippen molar-refractivity contribution >= 4 is 69.7 Å². The molecule has 55 heavy (non-hydrogen) atoms. The lowest BCUT2D eigenvalue weighted by Crippen LogP contribution is -2.00. The van der Waals surface area contributed by atoms with Crippen molar-refractivity contribution in [2.75, 3.05) is 0 Å². The summed E-state index contributed by atoms with van der Waals surface area (Å²) in [6, 6.07) is 17.0. The highest BCUT2D eigenvalue weighted by atomic mass is 32.2. The molecule has 10 nitrogen and oxygen atoms in total. The van der Waals surface area contributed by atoms with Crippen LogP contribution in [0.4, 0.5) is 0 Å². The molecule has 7 aromatic rings. The maximum atomic E-state index is 11.7. The van der Waals surface area contributed by atoms with Gasteiger partial charge < -0.3 is 50.4 Å². The van der Waals surface area contributed by atoms with Crippen LogP contribution >= 0.6 is 11.6 Å². The van der Waals surface area contributed by atoms with E-state index in [0.717, 1.165) is 50.2 Å². The highest BCUT2D eigenvalue weighted by molar-refractivity contribution is 8.22. The SMILES string of the molecule is [B]S/C=C/c1cc2oc3cccc(-c4c5c(c(-c6c(O)c(O)c(-c7c(O)c(O)c(O)c(O)c7O)c(O)c6O)c6ccccc46)C=CC=CC5)c3c2cc1C=C. The van der Waals surface area contributed by atoms with Crippen LogP contribution in [-0.4, -0.2) is 53.1 Å². The molecule has 270 valence electrons. The van der Waals surface area contributed by atoms with Crippen molar-refractivity contribution in [2.24, 2.45) is 0 Å². The number of furan rings is 1. The fourth-order valence-corrected chi connectivity index (χ4v) is 7.77. The van der Waals surface area contributed by atoms with Crippen molar-refractivity contribution in [1.82, 2.24) is 0 Å². The molecule has 12 heteroatoms. The van der Waals surface area contributed by atoms with Gasteiger partial charge in [0.05, 0.1) is 16.7 Å². The average Bonchev–Trinajstić information content (AvgIpc) is 3.38. The van der Waals surface area contributed by atoms with Gasteiger partial charge >= 0.3 is 0 Å². The molecule has 0 spiro atoms. The summed E-state index contributed by atoms with van der Waals surface area (Å²) in [5.74, 6) is -10.5. The zero-order valence-electron chi connectivity index (χ0n) is 28.6. The molecule has 0 unspecified atom stereocenters. The van der Waals surface area contributed by atoms with E-state index in [0.29, 0.717) is 33.9 Å². The van der Waals surface area contributed by atoms with Crippen LogP contribution in [0.25, 0.3) is 84.3 Å². The standard InChI is InChI=1S/C43H29BO10S/c1-2-19-17-26-28(18-20(19)15-16-55-44)54-27-14-8-13-25(30(26)27)29-21-9-4-3-5-10-23(21)31(24-12-7-6-11-22(24)29)32-35(45)37(47)33(38(48)36(32)46)34-39(49)41(51)43(53)42(52)40(34)50/h2-8,10-18,45-53H,1,9H2/b16-15+. The molecule has 8 rings (SSSR count). The summed E-state index contributed by atoms with van der Waals surface area (Å²) in [4.78, 5) is 0. The van der Waals surface area contributed by atoms with Gasteiger partial charge in [0, 0.05) is 16.3 Å². The normalized spacial score (nSPS) is 12.6. The molecule has 1 aromatic heterocycles. The topological polar surface area (TPSA) is 195 Å². The van der Waals surface area contributed by atoms with E-state index in [1.54, 1.807) is 35.8 Å². The first-order valence-corrected chi connectivity index (χ1v) is 17.7.